The topological polar surface area (TPSA) is 106 Å². The molecule has 2 N–H and O–H groups in total. The maximum atomic E-state index is 15.0. The Morgan fingerprint density at radius 3 is 2.20 bits per heavy atom. The van der Waals surface area contributed by atoms with Gasteiger partial charge in [-0.3, -0.25) is 4.79 Å². The molecule has 1 amide bonds. The second-order valence-electron chi connectivity index (χ2n) is 20.2. The second kappa shape index (κ2) is 15.2. The average Bonchev–Trinajstić information content (AvgIpc) is 3.47. The number of nitrogens with zero attached hydrogens (tertiary/aromatic N) is 1. The lowest BCUT2D eigenvalue weighted by molar-refractivity contribution is -0.274. The van der Waals surface area contributed by atoms with Crippen LogP contribution in [-0.2, 0) is 11.3 Å². The summed E-state index contributed by atoms with van der Waals surface area (Å²) in [6.07, 6.45) is 7.81. The summed E-state index contributed by atoms with van der Waals surface area (Å²) in [6, 6.07) is 12.7. The number of hydrogen-bond donors (Lipinski definition) is 2. The van der Waals surface area contributed by atoms with Crippen LogP contribution in [0.25, 0.3) is 0 Å². The number of carbonyl (C=O) groups is 2. The minimum absolute atomic E-state index is 0.0144. The fourth-order valence-electron chi connectivity index (χ4n) is 13.5. The molecule has 1 unspecified atom stereocenters. The minimum atomic E-state index is -4.84. The molecule has 2 bridgehead atoms. The molecule has 11 atom stereocenters. The van der Waals surface area contributed by atoms with Crippen molar-refractivity contribution in [1.29, 1.82) is 0 Å². The third-order valence-electron chi connectivity index (χ3n) is 16.8. The van der Waals surface area contributed by atoms with E-state index < -0.39 is 40.4 Å². The van der Waals surface area contributed by atoms with E-state index in [4.69, 9.17) is 9.47 Å². The molecule has 0 heterocycles. The number of hydrogen-bond acceptors (Lipinski definition) is 7. The van der Waals surface area contributed by atoms with Crippen molar-refractivity contribution in [2.45, 2.75) is 130 Å². The van der Waals surface area contributed by atoms with Crippen LogP contribution in [-0.4, -0.2) is 64.8 Å². The number of fused-ring (bicyclic) bond motifs is 1. The maximum Gasteiger partial charge on any atom is 0.573 e. The Bertz CT molecular complexity index is 2010. The molecule has 326 valence electrons. The fraction of sp³-hybridized carbons (Fsp3) is 0.633. The van der Waals surface area contributed by atoms with Crippen LogP contribution in [0.4, 0.5) is 18.0 Å². The predicted molar refractivity (Wildman–Crippen MR) is 221 cm³/mol. The SMILES string of the molecule is COc1ccc(C(=O)C2=C[C@@]34C=C[C@@]25[C@@H]2CC[C@@](O)(CN(Cc6ccc(OC(F)(F)F)cc6)C(=O)O[C@H]6C[C@@H](C)CC[C@@H]6C(C)C)[C@@]2(C)CC[C@@H]5[C@@]3(C)CCC(O)C4)cc1. The zero-order chi connectivity index (χ0) is 43.0. The molecule has 60 heavy (non-hydrogen) atoms. The van der Waals surface area contributed by atoms with Crippen molar-refractivity contribution >= 4 is 11.9 Å². The molecule has 7 aliphatic rings. The number of methoxy groups -OCH3 is 1. The Morgan fingerprint density at radius 1 is 0.883 bits per heavy atom. The van der Waals surface area contributed by atoms with Crippen molar-refractivity contribution in [2.75, 3.05) is 13.7 Å². The molecule has 2 spiro atoms. The molecule has 2 aromatic carbocycles. The normalized spacial score (nSPS) is 38.0. The van der Waals surface area contributed by atoms with Crippen molar-refractivity contribution in [3.63, 3.8) is 0 Å². The van der Waals surface area contributed by atoms with Gasteiger partial charge in [0.15, 0.2) is 5.78 Å². The number of allylic oxidation sites excluding steroid dienone is 4. The molecular formula is C49H62F3NO7. The van der Waals surface area contributed by atoms with Crippen LogP contribution in [0.3, 0.4) is 0 Å². The molecule has 0 aliphatic heterocycles. The number of aliphatic hydroxyl groups excluding tert-OH is 1. The van der Waals surface area contributed by atoms with Gasteiger partial charge < -0.3 is 29.3 Å². The van der Waals surface area contributed by atoms with Gasteiger partial charge in [-0.25, -0.2) is 4.79 Å². The summed E-state index contributed by atoms with van der Waals surface area (Å²) < 4.78 is 55.1. The highest BCUT2D eigenvalue weighted by Crippen LogP contribution is 2.78. The van der Waals surface area contributed by atoms with Crippen LogP contribution in [0.15, 0.2) is 72.3 Å². The molecule has 0 aromatic heterocycles. The lowest BCUT2D eigenvalue weighted by atomic mass is 9.32. The highest BCUT2D eigenvalue weighted by Gasteiger charge is 2.74. The molecule has 0 saturated heterocycles. The summed E-state index contributed by atoms with van der Waals surface area (Å²) in [5.74, 6) is 1.04. The van der Waals surface area contributed by atoms with Crippen LogP contribution in [0, 0.1) is 51.2 Å². The zero-order valence-corrected chi connectivity index (χ0v) is 35.9. The highest BCUT2D eigenvalue weighted by molar-refractivity contribution is 6.10. The van der Waals surface area contributed by atoms with Gasteiger partial charge in [0, 0.05) is 33.9 Å². The van der Waals surface area contributed by atoms with E-state index in [-0.39, 0.29) is 53.9 Å². The Morgan fingerprint density at radius 2 is 1.53 bits per heavy atom. The fourth-order valence-corrected chi connectivity index (χ4v) is 13.5. The van der Waals surface area contributed by atoms with Crippen molar-refractivity contribution in [3.05, 3.63) is 83.5 Å². The molecule has 0 radical (unpaired) electrons. The quantitative estimate of drug-likeness (QED) is 0.181. The number of aliphatic hydroxyl groups is 2. The number of Topliss-reactive ketones (excluding diaryl/α,β-unsaturated/α-hetero) is 1. The number of ether oxygens (including phenoxy) is 3. The monoisotopic (exact) mass is 833 g/mol. The summed E-state index contributed by atoms with van der Waals surface area (Å²) in [5.41, 5.74) is -1.65. The Kier molecular flexibility index (Phi) is 10.9. The lowest BCUT2D eigenvalue weighted by Crippen LogP contribution is -2.67. The van der Waals surface area contributed by atoms with Gasteiger partial charge in [0.2, 0.25) is 0 Å². The third kappa shape index (κ3) is 6.98. The van der Waals surface area contributed by atoms with Crippen LogP contribution < -0.4 is 9.47 Å². The van der Waals surface area contributed by atoms with E-state index in [0.717, 1.165) is 37.7 Å². The van der Waals surface area contributed by atoms with Gasteiger partial charge in [-0.15, -0.1) is 13.2 Å². The largest absolute Gasteiger partial charge is 0.573 e. The molecule has 4 saturated carbocycles. The summed E-state index contributed by atoms with van der Waals surface area (Å²) >= 11 is 0. The second-order valence-corrected chi connectivity index (χ2v) is 20.2. The van der Waals surface area contributed by atoms with Gasteiger partial charge in [0.1, 0.15) is 17.6 Å². The zero-order valence-electron chi connectivity index (χ0n) is 35.9. The van der Waals surface area contributed by atoms with E-state index in [2.05, 4.69) is 57.6 Å². The number of halogens is 3. The number of carbonyl (C=O) groups excluding carboxylic acids is 2. The summed E-state index contributed by atoms with van der Waals surface area (Å²) in [5, 5.41) is 24.4. The number of alkyl halides is 3. The first-order chi connectivity index (χ1) is 28.3. The Labute approximate surface area is 352 Å². The van der Waals surface area contributed by atoms with E-state index in [9.17, 15) is 33.0 Å². The van der Waals surface area contributed by atoms with E-state index >= 15 is 0 Å². The molecule has 7 aliphatic carbocycles. The van der Waals surface area contributed by atoms with Crippen LogP contribution in [0.1, 0.15) is 115 Å². The van der Waals surface area contributed by atoms with E-state index in [1.54, 1.807) is 36.3 Å². The standard InChI is InChI=1S/C49H62F3NO7/c1-30(2)37-16-7-31(3)25-39(37)59-43(56)53(28-32-8-12-36(13-9-32)60-49(50,51)52)29-47(57)22-19-41-45(47,5)21-18-40-44(4)20-17-34(54)26-46(44)23-24-48(40,41)38(27-46)42(55)33-10-14-35(58-6)15-11-33/h8-15,23-24,27,30-31,34,37,39-41,54,57H,7,16-22,25-26,28-29H2,1-6H3/t31-,34?,37+,39-,40+,41+,44+,45-,46-,47+,48+/m0/s1. The van der Waals surface area contributed by atoms with Crippen molar-refractivity contribution in [1.82, 2.24) is 4.90 Å². The van der Waals surface area contributed by atoms with Gasteiger partial charge in [-0.1, -0.05) is 71.4 Å². The number of amides is 1. The minimum Gasteiger partial charge on any atom is -0.497 e. The van der Waals surface area contributed by atoms with Gasteiger partial charge in [0.05, 0.1) is 25.4 Å². The van der Waals surface area contributed by atoms with Gasteiger partial charge in [-0.05, 0) is 135 Å². The van der Waals surface area contributed by atoms with Crippen LogP contribution in [0.5, 0.6) is 11.5 Å². The van der Waals surface area contributed by atoms with Gasteiger partial charge in [-0.2, -0.15) is 0 Å². The lowest BCUT2D eigenvalue weighted by Gasteiger charge is -2.71. The predicted octanol–water partition coefficient (Wildman–Crippen LogP) is 10.5. The van der Waals surface area contributed by atoms with E-state index in [1.807, 2.05) is 0 Å². The Balaban J connectivity index is 1.16. The van der Waals surface area contributed by atoms with Crippen molar-refractivity contribution in [3.8, 4) is 11.5 Å². The molecule has 8 nitrogen and oxygen atoms in total. The number of ketones is 1. The maximum absolute atomic E-state index is 15.0. The van der Waals surface area contributed by atoms with Crippen LogP contribution >= 0.6 is 0 Å². The van der Waals surface area contributed by atoms with E-state index in [0.29, 0.717) is 60.8 Å². The van der Waals surface area contributed by atoms with Crippen LogP contribution in [0.2, 0.25) is 0 Å². The number of benzene rings is 2. The first kappa shape index (κ1) is 42.8. The summed E-state index contributed by atoms with van der Waals surface area (Å²) in [7, 11) is 1.59. The van der Waals surface area contributed by atoms with Gasteiger partial charge >= 0.3 is 12.5 Å². The number of rotatable bonds is 10. The molecule has 9 rings (SSSR count). The summed E-state index contributed by atoms with van der Waals surface area (Å²) in [6.45, 7) is 10.9. The highest BCUT2D eigenvalue weighted by atomic mass is 19.4. The molecule has 2 aromatic rings. The summed E-state index contributed by atoms with van der Waals surface area (Å²) in [4.78, 5) is 31.1. The van der Waals surface area contributed by atoms with Crippen molar-refractivity contribution in [2.24, 2.45) is 51.2 Å². The molecular weight excluding hydrogens is 772 g/mol. The Hall–Kier alpha value is -3.83. The van der Waals surface area contributed by atoms with Gasteiger partial charge in [0.25, 0.3) is 0 Å². The van der Waals surface area contributed by atoms with E-state index in [1.165, 1.54) is 24.3 Å². The smallest absolute Gasteiger partial charge is 0.497 e. The molecule has 4 fully saturated rings. The third-order valence-corrected chi connectivity index (χ3v) is 16.8. The average molecular weight is 834 g/mol. The first-order valence-corrected chi connectivity index (χ1v) is 22.1. The molecule has 11 heteroatoms. The van der Waals surface area contributed by atoms with Crippen molar-refractivity contribution < 1.29 is 47.2 Å². The first-order valence-electron chi connectivity index (χ1n) is 22.1.